The van der Waals surface area contributed by atoms with E-state index in [1.54, 1.807) is 0 Å². The lowest BCUT2D eigenvalue weighted by Crippen LogP contribution is -2.28. The van der Waals surface area contributed by atoms with Crippen LogP contribution >= 0.6 is 11.6 Å². The Bertz CT molecular complexity index is 1360. The molecular formula is C31H32ClN2+. The summed E-state index contributed by atoms with van der Waals surface area (Å²) in [5.41, 5.74) is 9.05. The normalized spacial score (nSPS) is 19.2. The first-order valence-electron chi connectivity index (χ1n) is 12.2. The smallest absolute Gasteiger partial charge is 0.212 e. The second kappa shape index (κ2) is 9.64. The summed E-state index contributed by atoms with van der Waals surface area (Å²) in [6, 6.07) is 19.5. The minimum Gasteiger partial charge on any atom is -0.351 e. The number of aromatic nitrogens is 1. The second-order valence-electron chi connectivity index (χ2n) is 9.52. The van der Waals surface area contributed by atoms with Crippen LogP contribution in [0.4, 0.5) is 5.69 Å². The van der Waals surface area contributed by atoms with Crippen LogP contribution in [-0.2, 0) is 13.5 Å². The maximum atomic E-state index is 7.05. The molecule has 0 N–H and O–H groups in total. The van der Waals surface area contributed by atoms with Crippen LogP contribution in [0.5, 0.6) is 0 Å². The number of halogens is 1. The van der Waals surface area contributed by atoms with Gasteiger partial charge in [-0.1, -0.05) is 61.0 Å². The zero-order valence-corrected chi connectivity index (χ0v) is 21.0. The number of hydrogen-bond donors (Lipinski definition) is 0. The van der Waals surface area contributed by atoms with Crippen molar-refractivity contribution in [2.45, 2.75) is 32.6 Å². The van der Waals surface area contributed by atoms with Crippen molar-refractivity contribution in [3.63, 3.8) is 0 Å². The first kappa shape index (κ1) is 22.7. The SMILES string of the molecule is CC(Cc1cc[n+](C)c2ccccc12)C1=C(Cl)/C(=C/C=C2/C=CN(C)c3ccccc32)CCC1. The summed E-state index contributed by atoms with van der Waals surface area (Å²) in [5.74, 6) is 0.406. The average Bonchev–Trinajstić information content (AvgIpc) is 2.86. The summed E-state index contributed by atoms with van der Waals surface area (Å²) in [6.07, 6.45) is 15.2. The third-order valence-electron chi connectivity index (χ3n) is 7.24. The van der Waals surface area contributed by atoms with Gasteiger partial charge in [0, 0.05) is 47.0 Å². The summed E-state index contributed by atoms with van der Waals surface area (Å²) in [7, 11) is 4.20. The summed E-state index contributed by atoms with van der Waals surface area (Å²) >= 11 is 7.05. The van der Waals surface area contributed by atoms with Crippen molar-refractivity contribution in [1.29, 1.82) is 0 Å². The molecule has 2 nitrogen and oxygen atoms in total. The average molecular weight is 468 g/mol. The molecule has 34 heavy (non-hydrogen) atoms. The van der Waals surface area contributed by atoms with Crippen LogP contribution in [0.3, 0.4) is 0 Å². The van der Waals surface area contributed by atoms with Gasteiger partial charge in [0.1, 0.15) is 7.05 Å². The van der Waals surface area contributed by atoms with Crippen molar-refractivity contribution >= 4 is 33.8 Å². The van der Waals surface area contributed by atoms with Crippen LogP contribution in [0.15, 0.2) is 101 Å². The quantitative estimate of drug-likeness (QED) is 0.360. The van der Waals surface area contributed by atoms with Gasteiger partial charge in [-0.3, -0.25) is 0 Å². The summed E-state index contributed by atoms with van der Waals surface area (Å²) in [6.45, 7) is 2.33. The molecule has 0 amide bonds. The van der Waals surface area contributed by atoms with E-state index in [0.29, 0.717) is 5.92 Å². The Morgan fingerprint density at radius 1 is 1.03 bits per heavy atom. The molecule has 0 fully saturated rings. The van der Waals surface area contributed by atoms with E-state index >= 15 is 0 Å². The molecular weight excluding hydrogens is 436 g/mol. The number of nitrogens with zero attached hydrogens (tertiary/aromatic N) is 2. The van der Waals surface area contributed by atoms with Crippen LogP contribution in [0, 0.1) is 5.92 Å². The molecule has 2 aromatic carbocycles. The van der Waals surface area contributed by atoms with Gasteiger partial charge in [0.25, 0.3) is 0 Å². The number of anilines is 1. The van der Waals surface area contributed by atoms with Crippen LogP contribution in [0.1, 0.15) is 37.3 Å². The van der Waals surface area contributed by atoms with Gasteiger partial charge in [0.05, 0.1) is 0 Å². The van der Waals surface area contributed by atoms with Crippen molar-refractivity contribution in [2.24, 2.45) is 13.0 Å². The molecule has 3 aromatic rings. The lowest BCUT2D eigenvalue weighted by Gasteiger charge is -2.25. The highest BCUT2D eigenvalue weighted by atomic mass is 35.5. The molecule has 1 aliphatic carbocycles. The highest BCUT2D eigenvalue weighted by Gasteiger charge is 2.22. The van der Waals surface area contributed by atoms with Crippen molar-refractivity contribution < 1.29 is 4.57 Å². The third kappa shape index (κ3) is 4.35. The molecule has 2 heterocycles. The standard InChI is InChI=1S/C31H32ClN2/c1-22(21-25-18-20-34(3)30-14-7-5-11-28(25)30)26-12-8-9-24(31(26)32)16-15-23-17-19-33(2)29-13-6-4-10-27(23)29/h4-7,10-11,13-20,22H,8-9,12,21H2,1-3H3/q+1/b23-15-,24-16+. The fourth-order valence-corrected chi connectivity index (χ4v) is 5.73. The van der Waals surface area contributed by atoms with Crippen molar-refractivity contribution in [3.05, 3.63) is 113 Å². The Morgan fingerprint density at radius 3 is 2.71 bits per heavy atom. The molecule has 1 unspecified atom stereocenters. The Hall–Kier alpha value is -3.10. The number of benzene rings is 2. The fraction of sp³-hybridized carbons (Fsp3) is 0.258. The number of aryl methyl sites for hydroxylation is 1. The molecule has 0 bridgehead atoms. The molecule has 0 saturated heterocycles. The molecule has 0 saturated carbocycles. The molecule has 1 aliphatic heterocycles. The van der Waals surface area contributed by atoms with Gasteiger partial charge in [0.2, 0.25) is 5.52 Å². The van der Waals surface area contributed by atoms with Crippen molar-refractivity contribution in [1.82, 2.24) is 0 Å². The van der Waals surface area contributed by atoms with E-state index in [0.717, 1.165) is 30.7 Å². The summed E-state index contributed by atoms with van der Waals surface area (Å²) < 4.78 is 2.19. The van der Waals surface area contributed by atoms with Gasteiger partial charge < -0.3 is 4.90 Å². The number of allylic oxidation sites excluding steroid dienone is 7. The lowest BCUT2D eigenvalue weighted by molar-refractivity contribution is -0.644. The Labute approximate surface area is 208 Å². The highest BCUT2D eigenvalue weighted by molar-refractivity contribution is 6.32. The van der Waals surface area contributed by atoms with Crippen LogP contribution in [-0.4, -0.2) is 7.05 Å². The van der Waals surface area contributed by atoms with Gasteiger partial charge in [-0.2, -0.15) is 0 Å². The van der Waals surface area contributed by atoms with Gasteiger partial charge in [-0.05, 0) is 72.1 Å². The molecule has 3 heteroatoms. The Kier molecular flexibility index (Phi) is 6.43. The Balaban J connectivity index is 1.43. The van der Waals surface area contributed by atoms with Crippen LogP contribution < -0.4 is 9.47 Å². The number of rotatable bonds is 4. The number of pyridine rings is 1. The van der Waals surface area contributed by atoms with Crippen molar-refractivity contribution in [3.8, 4) is 0 Å². The molecule has 2 aliphatic rings. The van der Waals surface area contributed by atoms with Gasteiger partial charge >= 0.3 is 0 Å². The largest absolute Gasteiger partial charge is 0.351 e. The molecule has 1 atom stereocenters. The predicted molar refractivity (Wildman–Crippen MR) is 145 cm³/mol. The van der Waals surface area contributed by atoms with E-state index in [4.69, 9.17) is 11.6 Å². The minimum atomic E-state index is 0.406. The number of hydrogen-bond acceptors (Lipinski definition) is 1. The van der Waals surface area contributed by atoms with Gasteiger partial charge in [-0.15, -0.1) is 0 Å². The zero-order chi connectivity index (χ0) is 23.7. The van der Waals surface area contributed by atoms with E-state index in [9.17, 15) is 0 Å². The van der Waals surface area contributed by atoms with Gasteiger partial charge in [0.15, 0.2) is 6.20 Å². The molecule has 0 radical (unpaired) electrons. The Morgan fingerprint density at radius 2 is 1.82 bits per heavy atom. The second-order valence-corrected chi connectivity index (χ2v) is 9.90. The first-order chi connectivity index (χ1) is 16.5. The number of fused-ring (bicyclic) bond motifs is 2. The minimum absolute atomic E-state index is 0.406. The van der Waals surface area contributed by atoms with Crippen LogP contribution in [0.2, 0.25) is 0 Å². The monoisotopic (exact) mass is 467 g/mol. The summed E-state index contributed by atoms with van der Waals surface area (Å²) in [4.78, 5) is 2.17. The predicted octanol–water partition coefficient (Wildman–Crippen LogP) is 7.49. The zero-order valence-electron chi connectivity index (χ0n) is 20.3. The van der Waals surface area contributed by atoms with Gasteiger partial charge in [-0.25, -0.2) is 4.57 Å². The molecule has 172 valence electrons. The van der Waals surface area contributed by atoms with E-state index in [1.807, 2.05) is 0 Å². The van der Waals surface area contributed by atoms with Crippen LogP contribution in [0.25, 0.3) is 16.5 Å². The third-order valence-corrected chi connectivity index (χ3v) is 7.73. The molecule has 1 aromatic heterocycles. The number of para-hydroxylation sites is 2. The first-order valence-corrected chi connectivity index (χ1v) is 12.6. The lowest BCUT2D eigenvalue weighted by atomic mass is 9.83. The van der Waals surface area contributed by atoms with Crippen molar-refractivity contribution in [2.75, 3.05) is 11.9 Å². The molecule has 0 spiro atoms. The topological polar surface area (TPSA) is 7.12 Å². The molecule has 5 rings (SSSR count). The maximum Gasteiger partial charge on any atom is 0.212 e. The fourth-order valence-electron chi connectivity index (χ4n) is 5.29. The maximum absolute atomic E-state index is 7.05. The highest BCUT2D eigenvalue weighted by Crippen LogP contribution is 2.38. The summed E-state index contributed by atoms with van der Waals surface area (Å²) in [5, 5.41) is 2.31. The van der Waals surface area contributed by atoms with E-state index in [-0.39, 0.29) is 0 Å². The van der Waals surface area contributed by atoms with E-state index in [1.165, 1.54) is 44.4 Å². The van der Waals surface area contributed by atoms with E-state index in [2.05, 4.69) is 116 Å². The van der Waals surface area contributed by atoms with E-state index < -0.39 is 0 Å².